The standard InChI is InChI=1S/C22H27N7O2.HI/c1-16-14-17(2)28(27-16)21-7-5-4-6-18(21)15-26-22(23-3)25-13-12-24-19-8-10-20(11-9-19)29(30)31;/h4-11,14,24H,12-13,15H2,1-3H3,(H2,23,25,26);1H. The molecule has 0 unspecified atom stereocenters. The van der Waals surface area contributed by atoms with Gasteiger partial charge < -0.3 is 16.0 Å². The number of nitrogens with one attached hydrogen (secondary N) is 3. The van der Waals surface area contributed by atoms with E-state index >= 15 is 0 Å². The van der Waals surface area contributed by atoms with Gasteiger partial charge in [-0.15, -0.1) is 24.0 Å². The van der Waals surface area contributed by atoms with E-state index in [-0.39, 0.29) is 29.7 Å². The van der Waals surface area contributed by atoms with E-state index in [1.807, 2.05) is 30.7 Å². The molecule has 10 heteroatoms. The van der Waals surface area contributed by atoms with Gasteiger partial charge in [0, 0.05) is 50.2 Å². The number of rotatable bonds is 8. The Labute approximate surface area is 204 Å². The molecule has 3 aromatic rings. The van der Waals surface area contributed by atoms with Crippen LogP contribution in [0, 0.1) is 24.0 Å². The van der Waals surface area contributed by atoms with Gasteiger partial charge in [-0.2, -0.15) is 5.10 Å². The average molecular weight is 549 g/mol. The summed E-state index contributed by atoms with van der Waals surface area (Å²) in [4.78, 5) is 14.6. The number of halogens is 1. The average Bonchev–Trinajstić information content (AvgIpc) is 3.11. The molecule has 170 valence electrons. The van der Waals surface area contributed by atoms with Crippen LogP contribution in [0.3, 0.4) is 0 Å². The van der Waals surface area contributed by atoms with Crippen molar-refractivity contribution >= 4 is 41.3 Å². The lowest BCUT2D eigenvalue weighted by atomic mass is 10.1. The minimum absolute atomic E-state index is 0. The monoisotopic (exact) mass is 549 g/mol. The van der Waals surface area contributed by atoms with Crippen molar-refractivity contribution in [2.45, 2.75) is 20.4 Å². The summed E-state index contributed by atoms with van der Waals surface area (Å²) in [5, 5.41) is 25.1. The van der Waals surface area contributed by atoms with Crippen molar-refractivity contribution in [3.63, 3.8) is 0 Å². The number of anilines is 1. The van der Waals surface area contributed by atoms with Crippen LogP contribution < -0.4 is 16.0 Å². The van der Waals surface area contributed by atoms with Gasteiger partial charge in [0.15, 0.2) is 5.96 Å². The summed E-state index contributed by atoms with van der Waals surface area (Å²) in [5.74, 6) is 0.689. The first-order valence-corrected chi connectivity index (χ1v) is 10.0. The molecule has 2 aromatic carbocycles. The molecule has 0 saturated carbocycles. The third-order valence-corrected chi connectivity index (χ3v) is 4.72. The Kier molecular flexibility index (Phi) is 9.44. The molecule has 0 atom stereocenters. The maximum atomic E-state index is 10.7. The summed E-state index contributed by atoms with van der Waals surface area (Å²) in [5.41, 5.74) is 5.13. The van der Waals surface area contributed by atoms with Crippen LogP contribution in [0.25, 0.3) is 5.69 Å². The minimum Gasteiger partial charge on any atom is -0.383 e. The highest BCUT2D eigenvalue weighted by atomic mass is 127. The fourth-order valence-electron chi connectivity index (χ4n) is 3.23. The second-order valence-corrected chi connectivity index (χ2v) is 7.05. The van der Waals surface area contributed by atoms with Crippen molar-refractivity contribution in [3.8, 4) is 5.69 Å². The summed E-state index contributed by atoms with van der Waals surface area (Å²) in [6.07, 6.45) is 0. The topological polar surface area (TPSA) is 109 Å². The molecule has 1 aromatic heterocycles. The van der Waals surface area contributed by atoms with Crippen molar-refractivity contribution in [2.24, 2.45) is 4.99 Å². The van der Waals surface area contributed by atoms with Crippen LogP contribution in [0.1, 0.15) is 17.0 Å². The number of para-hydroxylation sites is 1. The molecule has 0 amide bonds. The van der Waals surface area contributed by atoms with E-state index in [4.69, 9.17) is 0 Å². The van der Waals surface area contributed by atoms with Crippen LogP contribution in [0.2, 0.25) is 0 Å². The van der Waals surface area contributed by atoms with Crippen molar-refractivity contribution in [2.75, 3.05) is 25.5 Å². The van der Waals surface area contributed by atoms with Gasteiger partial charge in [-0.05, 0) is 43.7 Å². The van der Waals surface area contributed by atoms with Gasteiger partial charge in [0.25, 0.3) is 5.69 Å². The predicted octanol–water partition coefficient (Wildman–Crippen LogP) is 3.79. The van der Waals surface area contributed by atoms with Gasteiger partial charge in [0.1, 0.15) is 0 Å². The smallest absolute Gasteiger partial charge is 0.269 e. The lowest BCUT2D eigenvalue weighted by Gasteiger charge is -2.15. The Morgan fingerprint density at radius 2 is 1.81 bits per heavy atom. The lowest BCUT2D eigenvalue weighted by Crippen LogP contribution is -2.39. The third-order valence-electron chi connectivity index (χ3n) is 4.72. The molecule has 0 aliphatic rings. The molecule has 1 heterocycles. The molecule has 9 nitrogen and oxygen atoms in total. The van der Waals surface area contributed by atoms with E-state index in [0.717, 1.165) is 28.3 Å². The first-order chi connectivity index (χ1) is 15.0. The number of non-ortho nitro benzene ring substituents is 1. The van der Waals surface area contributed by atoms with E-state index in [1.165, 1.54) is 12.1 Å². The molecule has 0 radical (unpaired) electrons. The number of nitro groups is 1. The molecule has 0 spiro atoms. The molecule has 0 bridgehead atoms. The molecule has 0 aliphatic heterocycles. The van der Waals surface area contributed by atoms with Gasteiger partial charge in [-0.3, -0.25) is 15.1 Å². The SMILES string of the molecule is CN=C(NCCNc1ccc([N+](=O)[O-])cc1)NCc1ccccc1-n1nc(C)cc1C.I. The van der Waals surface area contributed by atoms with Gasteiger partial charge in [-0.1, -0.05) is 18.2 Å². The molecule has 0 fully saturated rings. The largest absolute Gasteiger partial charge is 0.383 e. The Morgan fingerprint density at radius 1 is 1.09 bits per heavy atom. The van der Waals surface area contributed by atoms with E-state index in [0.29, 0.717) is 25.6 Å². The zero-order valence-corrected chi connectivity index (χ0v) is 20.7. The Hall–Kier alpha value is -3.15. The molecule has 0 aliphatic carbocycles. The van der Waals surface area contributed by atoms with Crippen LogP contribution in [-0.2, 0) is 6.54 Å². The number of hydrogen-bond donors (Lipinski definition) is 3. The fourth-order valence-corrected chi connectivity index (χ4v) is 3.23. The van der Waals surface area contributed by atoms with Gasteiger partial charge in [-0.25, -0.2) is 4.68 Å². The Balaban J connectivity index is 0.00000363. The zero-order valence-electron chi connectivity index (χ0n) is 18.3. The Morgan fingerprint density at radius 3 is 2.44 bits per heavy atom. The van der Waals surface area contributed by atoms with E-state index < -0.39 is 4.92 Å². The molecular weight excluding hydrogens is 521 g/mol. The zero-order chi connectivity index (χ0) is 22.2. The van der Waals surface area contributed by atoms with Crippen molar-refractivity contribution in [1.82, 2.24) is 20.4 Å². The number of aromatic nitrogens is 2. The second-order valence-electron chi connectivity index (χ2n) is 7.05. The van der Waals surface area contributed by atoms with Crippen LogP contribution in [0.4, 0.5) is 11.4 Å². The number of aliphatic imine (C=N–C) groups is 1. The minimum atomic E-state index is -0.409. The number of guanidine groups is 1. The van der Waals surface area contributed by atoms with E-state index in [2.05, 4.69) is 44.2 Å². The van der Waals surface area contributed by atoms with Crippen molar-refractivity contribution < 1.29 is 4.92 Å². The van der Waals surface area contributed by atoms with Crippen LogP contribution >= 0.6 is 24.0 Å². The maximum absolute atomic E-state index is 10.7. The number of hydrogen-bond acceptors (Lipinski definition) is 5. The summed E-state index contributed by atoms with van der Waals surface area (Å²) >= 11 is 0. The number of nitrogens with zero attached hydrogens (tertiary/aromatic N) is 4. The van der Waals surface area contributed by atoms with E-state index in [9.17, 15) is 10.1 Å². The van der Waals surface area contributed by atoms with Gasteiger partial charge >= 0.3 is 0 Å². The highest BCUT2D eigenvalue weighted by molar-refractivity contribution is 14.0. The van der Waals surface area contributed by atoms with Gasteiger partial charge in [0.05, 0.1) is 16.3 Å². The number of benzene rings is 2. The fraction of sp³-hybridized carbons (Fsp3) is 0.273. The molecule has 32 heavy (non-hydrogen) atoms. The summed E-state index contributed by atoms with van der Waals surface area (Å²) in [7, 11) is 1.73. The molecule has 3 rings (SSSR count). The maximum Gasteiger partial charge on any atom is 0.269 e. The first kappa shape index (κ1) is 25.1. The van der Waals surface area contributed by atoms with Gasteiger partial charge in [0.2, 0.25) is 0 Å². The quantitative estimate of drug-likeness (QED) is 0.0986. The van der Waals surface area contributed by atoms with Crippen molar-refractivity contribution in [1.29, 1.82) is 0 Å². The van der Waals surface area contributed by atoms with Crippen molar-refractivity contribution in [3.05, 3.63) is 81.7 Å². The third kappa shape index (κ3) is 6.67. The summed E-state index contributed by atoms with van der Waals surface area (Å²) in [6.45, 7) is 5.91. The Bertz CT molecular complexity index is 1060. The van der Waals surface area contributed by atoms with Crippen LogP contribution in [0.5, 0.6) is 0 Å². The summed E-state index contributed by atoms with van der Waals surface area (Å²) in [6, 6.07) is 16.6. The van der Waals surface area contributed by atoms with Crippen LogP contribution in [-0.4, -0.2) is 40.8 Å². The highest BCUT2D eigenvalue weighted by Gasteiger charge is 2.09. The second kappa shape index (κ2) is 12.0. The predicted molar refractivity (Wildman–Crippen MR) is 138 cm³/mol. The van der Waals surface area contributed by atoms with E-state index in [1.54, 1.807) is 19.2 Å². The molecule has 0 saturated heterocycles. The number of nitro benzene ring substituents is 1. The first-order valence-electron chi connectivity index (χ1n) is 10.0. The molecule has 3 N–H and O–H groups in total. The number of aryl methyl sites for hydroxylation is 2. The summed E-state index contributed by atoms with van der Waals surface area (Å²) < 4.78 is 1.96. The normalized spacial score (nSPS) is 10.9. The lowest BCUT2D eigenvalue weighted by molar-refractivity contribution is -0.384. The molecular formula is C22H28IN7O2. The highest BCUT2D eigenvalue weighted by Crippen LogP contribution is 2.17. The van der Waals surface area contributed by atoms with Crippen LogP contribution in [0.15, 0.2) is 59.6 Å².